The number of amides is 1. The lowest BCUT2D eigenvalue weighted by molar-refractivity contribution is -0.119. The Morgan fingerprint density at radius 3 is 2.58 bits per heavy atom. The number of benzene rings is 2. The molecule has 0 saturated carbocycles. The van der Waals surface area contributed by atoms with Crippen molar-refractivity contribution in [2.75, 3.05) is 26.1 Å². The molecule has 0 heterocycles. The van der Waals surface area contributed by atoms with Gasteiger partial charge in [0, 0.05) is 14.8 Å². The third-order valence-electron chi connectivity index (χ3n) is 3.12. The van der Waals surface area contributed by atoms with E-state index in [2.05, 4.69) is 38.4 Å². The van der Waals surface area contributed by atoms with Crippen LogP contribution in [0.25, 0.3) is 0 Å². The van der Waals surface area contributed by atoms with Crippen molar-refractivity contribution in [1.29, 1.82) is 0 Å². The largest absolute Gasteiger partial charge is 0.493 e. The third kappa shape index (κ3) is 5.12. The van der Waals surface area contributed by atoms with Crippen LogP contribution in [-0.4, -0.2) is 32.9 Å². The number of carbonyl (C=O) groups excluding carboxylic acids is 1. The first-order valence-corrected chi connectivity index (χ1v) is 8.24. The molecule has 0 radical (unpaired) electrons. The molecule has 0 aromatic heterocycles. The van der Waals surface area contributed by atoms with Gasteiger partial charge < -0.3 is 14.8 Å². The smallest absolute Gasteiger partial charge is 0.259 e. The first-order valence-electron chi connectivity index (χ1n) is 7.16. The predicted molar refractivity (Wildman–Crippen MR) is 103 cm³/mol. The van der Waals surface area contributed by atoms with Crippen LogP contribution in [0.15, 0.2) is 47.6 Å². The Bertz CT molecular complexity index is 718. The quantitative estimate of drug-likeness (QED) is 0.396. The lowest BCUT2D eigenvalue weighted by atomic mass is 10.2. The van der Waals surface area contributed by atoms with Crippen LogP contribution in [0.2, 0.25) is 0 Å². The van der Waals surface area contributed by atoms with Crippen molar-refractivity contribution in [3.8, 4) is 11.5 Å². The lowest BCUT2D eigenvalue weighted by Gasteiger charge is -2.09. The maximum Gasteiger partial charge on any atom is 0.259 e. The molecule has 2 aromatic carbocycles. The Morgan fingerprint density at radius 2 is 1.92 bits per heavy atom. The van der Waals surface area contributed by atoms with E-state index in [9.17, 15) is 4.79 Å². The molecule has 2 rings (SSSR count). The highest BCUT2D eigenvalue weighted by Gasteiger charge is 2.07. The Hall–Kier alpha value is -2.29. The minimum atomic E-state index is -0.244. The van der Waals surface area contributed by atoms with Crippen LogP contribution in [-0.2, 0) is 4.79 Å². The van der Waals surface area contributed by atoms with Gasteiger partial charge in [-0.05, 0) is 59.0 Å². The molecule has 24 heavy (non-hydrogen) atoms. The molecule has 0 aliphatic heterocycles. The summed E-state index contributed by atoms with van der Waals surface area (Å²) in [5.74, 6) is 0.926. The zero-order valence-electron chi connectivity index (χ0n) is 13.4. The van der Waals surface area contributed by atoms with Crippen LogP contribution in [0.1, 0.15) is 5.56 Å². The summed E-state index contributed by atoms with van der Waals surface area (Å²) >= 11 is 2.23. The number of halogens is 1. The number of anilines is 1. The van der Waals surface area contributed by atoms with Gasteiger partial charge >= 0.3 is 0 Å². The van der Waals surface area contributed by atoms with E-state index in [0.29, 0.717) is 17.1 Å². The molecule has 0 spiro atoms. The van der Waals surface area contributed by atoms with E-state index in [-0.39, 0.29) is 12.5 Å². The zero-order chi connectivity index (χ0) is 17.4. The molecule has 0 atom stereocenters. The van der Waals surface area contributed by atoms with Crippen LogP contribution in [0.3, 0.4) is 0 Å². The number of nitrogens with zero attached hydrogens (tertiary/aromatic N) is 1. The average molecular weight is 439 g/mol. The van der Waals surface area contributed by atoms with E-state index < -0.39 is 0 Å². The molecule has 6 nitrogen and oxygen atoms in total. The molecule has 0 aliphatic rings. The first kappa shape index (κ1) is 18.1. The first-order chi connectivity index (χ1) is 11.6. The summed E-state index contributed by atoms with van der Waals surface area (Å²) in [4.78, 5) is 11.8. The van der Waals surface area contributed by atoms with Crippen molar-refractivity contribution >= 4 is 40.4 Å². The van der Waals surface area contributed by atoms with Crippen LogP contribution in [0.4, 0.5) is 5.69 Å². The second-order valence-electron chi connectivity index (χ2n) is 4.74. The van der Waals surface area contributed by atoms with Gasteiger partial charge in [0.1, 0.15) is 0 Å². The Morgan fingerprint density at radius 1 is 1.17 bits per heavy atom. The van der Waals surface area contributed by atoms with Gasteiger partial charge in [0.2, 0.25) is 0 Å². The number of rotatable bonds is 7. The van der Waals surface area contributed by atoms with E-state index in [0.717, 1.165) is 9.26 Å². The van der Waals surface area contributed by atoms with E-state index in [1.54, 1.807) is 20.3 Å². The molecule has 2 aromatic rings. The summed E-state index contributed by atoms with van der Waals surface area (Å²) in [5, 5.41) is 6.98. The summed E-state index contributed by atoms with van der Waals surface area (Å²) in [5.41, 5.74) is 4.06. The minimum Gasteiger partial charge on any atom is -0.493 e. The van der Waals surface area contributed by atoms with Crippen molar-refractivity contribution in [2.24, 2.45) is 5.10 Å². The molecular weight excluding hydrogens is 421 g/mol. The van der Waals surface area contributed by atoms with Gasteiger partial charge in [-0.1, -0.05) is 6.07 Å². The van der Waals surface area contributed by atoms with Crippen molar-refractivity contribution < 1.29 is 14.3 Å². The molecule has 2 N–H and O–H groups in total. The Labute approximate surface area is 154 Å². The fraction of sp³-hybridized carbons (Fsp3) is 0.176. The molecule has 0 fully saturated rings. The second-order valence-corrected chi connectivity index (χ2v) is 5.98. The van der Waals surface area contributed by atoms with Crippen molar-refractivity contribution in [3.63, 3.8) is 0 Å². The molecule has 1 amide bonds. The predicted octanol–water partition coefficient (Wildman–Crippen LogP) is 2.87. The number of hydrogen-bond acceptors (Lipinski definition) is 5. The Balaban J connectivity index is 1.89. The number of hydrogen-bond donors (Lipinski definition) is 2. The van der Waals surface area contributed by atoms with Gasteiger partial charge in [-0.25, -0.2) is 5.43 Å². The maximum absolute atomic E-state index is 11.8. The highest BCUT2D eigenvalue weighted by molar-refractivity contribution is 14.1. The summed E-state index contributed by atoms with van der Waals surface area (Å²) in [7, 11) is 3.12. The summed E-state index contributed by atoms with van der Waals surface area (Å²) in [6, 6.07) is 13.2. The fourth-order valence-corrected chi connectivity index (χ4v) is 2.34. The number of ether oxygens (including phenoxy) is 2. The normalized spacial score (nSPS) is 10.5. The maximum atomic E-state index is 11.8. The summed E-state index contributed by atoms with van der Waals surface area (Å²) < 4.78 is 11.7. The van der Waals surface area contributed by atoms with Crippen LogP contribution in [0, 0.1) is 3.57 Å². The van der Waals surface area contributed by atoms with Crippen LogP contribution >= 0.6 is 22.6 Å². The second kappa shape index (κ2) is 9.11. The van der Waals surface area contributed by atoms with Gasteiger partial charge in [0.25, 0.3) is 5.91 Å². The number of carbonyl (C=O) groups is 1. The monoisotopic (exact) mass is 439 g/mol. The summed E-state index contributed by atoms with van der Waals surface area (Å²) in [6.07, 6.45) is 1.52. The molecule has 0 bridgehead atoms. The lowest BCUT2D eigenvalue weighted by Crippen LogP contribution is -2.25. The average Bonchev–Trinajstić information content (AvgIpc) is 2.61. The molecule has 126 valence electrons. The Kier molecular flexibility index (Phi) is 6.86. The SMILES string of the molecule is COc1cccc(/C=N\NC(=O)CNc2ccc(I)cc2)c1OC. The van der Waals surface area contributed by atoms with Crippen molar-refractivity contribution in [1.82, 2.24) is 5.43 Å². The standard InChI is InChI=1S/C17H18IN3O3/c1-23-15-5-3-4-12(17(15)24-2)10-20-21-16(22)11-19-14-8-6-13(18)7-9-14/h3-10,19H,11H2,1-2H3,(H,21,22)/b20-10-. The van der Waals surface area contributed by atoms with E-state index in [1.807, 2.05) is 36.4 Å². The zero-order valence-corrected chi connectivity index (χ0v) is 15.5. The van der Waals surface area contributed by atoms with Crippen molar-refractivity contribution in [2.45, 2.75) is 0 Å². The molecule has 7 heteroatoms. The molecular formula is C17H18IN3O3. The highest BCUT2D eigenvalue weighted by Crippen LogP contribution is 2.29. The fourth-order valence-electron chi connectivity index (χ4n) is 1.98. The molecule has 0 saturated heterocycles. The van der Waals surface area contributed by atoms with E-state index in [4.69, 9.17) is 9.47 Å². The van der Waals surface area contributed by atoms with Crippen molar-refractivity contribution in [3.05, 3.63) is 51.6 Å². The van der Waals surface area contributed by atoms with Gasteiger partial charge in [-0.3, -0.25) is 4.79 Å². The number of nitrogens with one attached hydrogen (secondary N) is 2. The van der Waals surface area contributed by atoms with Gasteiger partial charge in [0.15, 0.2) is 11.5 Å². The van der Waals surface area contributed by atoms with Crippen LogP contribution < -0.4 is 20.2 Å². The highest BCUT2D eigenvalue weighted by atomic mass is 127. The third-order valence-corrected chi connectivity index (χ3v) is 3.84. The minimum absolute atomic E-state index is 0.132. The van der Waals surface area contributed by atoms with Gasteiger partial charge in [-0.2, -0.15) is 5.10 Å². The van der Waals surface area contributed by atoms with E-state index in [1.165, 1.54) is 6.21 Å². The topological polar surface area (TPSA) is 72.0 Å². The number of methoxy groups -OCH3 is 2. The van der Waals surface area contributed by atoms with Gasteiger partial charge in [-0.15, -0.1) is 0 Å². The molecule has 0 aliphatic carbocycles. The van der Waals surface area contributed by atoms with Crippen LogP contribution in [0.5, 0.6) is 11.5 Å². The summed E-state index contributed by atoms with van der Waals surface area (Å²) in [6.45, 7) is 0.132. The van der Waals surface area contributed by atoms with Gasteiger partial charge in [0.05, 0.1) is 27.0 Å². The number of hydrazone groups is 1. The number of para-hydroxylation sites is 1. The van der Waals surface area contributed by atoms with E-state index >= 15 is 0 Å². The molecule has 0 unspecified atom stereocenters.